The monoisotopic (exact) mass is 430 g/mol. The van der Waals surface area contributed by atoms with Gasteiger partial charge in [-0.2, -0.15) is 0 Å². The first kappa shape index (κ1) is 19.8. The van der Waals surface area contributed by atoms with E-state index in [9.17, 15) is 18.3 Å². The number of phenols is 1. The third-order valence-corrected chi connectivity index (χ3v) is 6.47. The minimum Gasteiger partial charge on any atom is -0.505 e. The molecule has 1 aliphatic heterocycles. The molecule has 0 atom stereocenters. The van der Waals surface area contributed by atoms with Gasteiger partial charge in [0.2, 0.25) is 10.0 Å². The van der Waals surface area contributed by atoms with Crippen LogP contribution in [0.4, 0.5) is 5.69 Å². The van der Waals surface area contributed by atoms with Crippen LogP contribution in [0.3, 0.4) is 0 Å². The summed E-state index contributed by atoms with van der Waals surface area (Å²) in [5, 5.41) is 9.57. The van der Waals surface area contributed by atoms with Crippen LogP contribution in [0.25, 0.3) is 0 Å². The number of phenolic OH excluding ortho intramolecular Hbond substituents is 1. The Bertz CT molecular complexity index is 1000. The highest BCUT2D eigenvalue weighted by molar-refractivity contribution is 7.89. The molecule has 27 heavy (non-hydrogen) atoms. The standard InChI is InChI=1S/C17H16Cl2N2O5S/c1-20(2)27(24,25)11-3-4-15-14(9-11)21(5-6-26-15)17(23)10-7-12(18)16(22)13(19)8-10/h3-4,7-9,22H,5-6H2,1-2H3. The van der Waals surface area contributed by atoms with Crippen molar-refractivity contribution >= 4 is 44.8 Å². The maximum atomic E-state index is 13.0. The molecule has 1 aliphatic rings. The van der Waals surface area contributed by atoms with Gasteiger partial charge >= 0.3 is 0 Å². The summed E-state index contributed by atoms with van der Waals surface area (Å²) < 4.78 is 31.4. The van der Waals surface area contributed by atoms with E-state index >= 15 is 0 Å². The van der Waals surface area contributed by atoms with Crippen LogP contribution in [0.15, 0.2) is 35.2 Å². The second-order valence-corrected chi connectivity index (χ2v) is 8.98. The summed E-state index contributed by atoms with van der Waals surface area (Å²) >= 11 is 11.8. The number of amides is 1. The number of hydrogen-bond acceptors (Lipinski definition) is 5. The smallest absolute Gasteiger partial charge is 0.258 e. The molecule has 3 rings (SSSR count). The lowest BCUT2D eigenvalue weighted by Gasteiger charge is -2.30. The molecule has 0 bridgehead atoms. The molecule has 2 aromatic rings. The number of anilines is 1. The van der Waals surface area contributed by atoms with Crippen molar-refractivity contribution in [3.63, 3.8) is 0 Å². The van der Waals surface area contributed by atoms with Crippen molar-refractivity contribution in [3.8, 4) is 11.5 Å². The van der Waals surface area contributed by atoms with Crippen molar-refractivity contribution in [2.75, 3.05) is 32.1 Å². The number of sulfonamides is 1. The molecule has 1 N–H and O–H groups in total. The first-order chi connectivity index (χ1) is 12.6. The molecule has 0 spiro atoms. The summed E-state index contributed by atoms with van der Waals surface area (Å²) in [5.41, 5.74) is 0.492. The van der Waals surface area contributed by atoms with Gasteiger partial charge in [0.1, 0.15) is 12.4 Å². The lowest BCUT2D eigenvalue weighted by atomic mass is 10.1. The zero-order chi connectivity index (χ0) is 19.9. The Hall–Kier alpha value is -2.00. The Morgan fingerprint density at radius 3 is 2.41 bits per heavy atom. The van der Waals surface area contributed by atoms with E-state index in [1.807, 2.05) is 0 Å². The molecule has 2 aromatic carbocycles. The molecule has 0 radical (unpaired) electrons. The van der Waals surface area contributed by atoms with Crippen LogP contribution in [0.5, 0.6) is 11.5 Å². The van der Waals surface area contributed by atoms with E-state index in [-0.39, 0.29) is 39.4 Å². The number of halogens is 2. The molecule has 7 nitrogen and oxygen atoms in total. The van der Waals surface area contributed by atoms with Crippen LogP contribution >= 0.6 is 23.2 Å². The average molecular weight is 431 g/mol. The number of rotatable bonds is 3. The fourth-order valence-corrected chi connectivity index (χ4v) is 4.03. The predicted octanol–water partition coefficient (Wildman–Crippen LogP) is 2.99. The lowest BCUT2D eigenvalue weighted by Crippen LogP contribution is -2.38. The van der Waals surface area contributed by atoms with Gasteiger partial charge in [-0.3, -0.25) is 4.79 Å². The normalized spacial score (nSPS) is 14.0. The number of carbonyl (C=O) groups excluding carboxylic acids is 1. The highest BCUT2D eigenvalue weighted by Gasteiger charge is 2.28. The zero-order valence-corrected chi connectivity index (χ0v) is 16.8. The van der Waals surface area contributed by atoms with E-state index in [1.165, 1.54) is 49.3 Å². The zero-order valence-electron chi connectivity index (χ0n) is 14.4. The second kappa shape index (κ2) is 7.20. The summed E-state index contributed by atoms with van der Waals surface area (Å²) in [6.07, 6.45) is 0. The Kier molecular flexibility index (Phi) is 5.27. The number of carbonyl (C=O) groups is 1. The van der Waals surface area contributed by atoms with Crippen LogP contribution in [-0.4, -0.2) is 51.0 Å². The highest BCUT2D eigenvalue weighted by Crippen LogP contribution is 2.37. The van der Waals surface area contributed by atoms with Crippen molar-refractivity contribution in [2.24, 2.45) is 0 Å². The van der Waals surface area contributed by atoms with Gasteiger partial charge in [0.15, 0.2) is 5.75 Å². The van der Waals surface area contributed by atoms with Gasteiger partial charge in [-0.15, -0.1) is 0 Å². The van der Waals surface area contributed by atoms with Gasteiger partial charge in [0.05, 0.1) is 27.2 Å². The third kappa shape index (κ3) is 3.58. The summed E-state index contributed by atoms with van der Waals surface area (Å²) in [4.78, 5) is 14.4. The first-order valence-corrected chi connectivity index (χ1v) is 10.0. The van der Waals surface area contributed by atoms with Crippen molar-refractivity contribution in [1.29, 1.82) is 0 Å². The average Bonchev–Trinajstić information content (AvgIpc) is 2.64. The Labute approximate surface area is 166 Å². The molecular formula is C17H16Cl2N2O5S. The summed E-state index contributed by atoms with van der Waals surface area (Å²) in [6.45, 7) is 0.464. The van der Waals surface area contributed by atoms with Gasteiger partial charge < -0.3 is 14.7 Å². The molecule has 0 unspecified atom stereocenters. The number of fused-ring (bicyclic) bond motifs is 1. The molecular weight excluding hydrogens is 415 g/mol. The van der Waals surface area contributed by atoms with Gasteiger partial charge in [0, 0.05) is 19.7 Å². The van der Waals surface area contributed by atoms with Gasteiger partial charge in [-0.05, 0) is 30.3 Å². The second-order valence-electron chi connectivity index (χ2n) is 6.01. The fraction of sp³-hybridized carbons (Fsp3) is 0.235. The number of ether oxygens (including phenoxy) is 1. The molecule has 1 heterocycles. The van der Waals surface area contributed by atoms with E-state index in [0.717, 1.165) is 4.31 Å². The predicted molar refractivity (Wildman–Crippen MR) is 103 cm³/mol. The summed E-state index contributed by atoms with van der Waals surface area (Å²) in [5.74, 6) is -0.359. The largest absolute Gasteiger partial charge is 0.505 e. The van der Waals surface area contributed by atoms with Gasteiger partial charge in [-0.25, -0.2) is 12.7 Å². The van der Waals surface area contributed by atoms with Crippen LogP contribution in [0.1, 0.15) is 10.4 Å². The van der Waals surface area contributed by atoms with Crippen molar-refractivity contribution in [2.45, 2.75) is 4.90 Å². The van der Waals surface area contributed by atoms with Gasteiger partial charge in [0.25, 0.3) is 5.91 Å². The minimum atomic E-state index is -3.68. The van der Waals surface area contributed by atoms with Gasteiger partial charge in [-0.1, -0.05) is 23.2 Å². The molecule has 0 fully saturated rings. The van der Waals surface area contributed by atoms with E-state index in [1.54, 1.807) is 0 Å². The van der Waals surface area contributed by atoms with Crippen molar-refractivity contribution in [3.05, 3.63) is 45.9 Å². The Balaban J connectivity index is 2.07. The number of nitrogens with zero attached hydrogens (tertiary/aromatic N) is 2. The lowest BCUT2D eigenvalue weighted by molar-refractivity contribution is 0.0976. The summed E-state index contributed by atoms with van der Waals surface area (Å²) in [6, 6.07) is 6.95. The Morgan fingerprint density at radius 2 is 1.81 bits per heavy atom. The van der Waals surface area contributed by atoms with Crippen molar-refractivity contribution in [1.82, 2.24) is 4.31 Å². The molecule has 144 valence electrons. The number of benzene rings is 2. The van der Waals surface area contributed by atoms with Crippen LogP contribution in [0, 0.1) is 0 Å². The molecule has 0 aromatic heterocycles. The highest BCUT2D eigenvalue weighted by atomic mass is 35.5. The third-order valence-electron chi connectivity index (χ3n) is 4.08. The van der Waals surface area contributed by atoms with Crippen molar-refractivity contribution < 1.29 is 23.1 Å². The number of aromatic hydroxyl groups is 1. The quantitative estimate of drug-likeness (QED) is 0.808. The maximum absolute atomic E-state index is 13.0. The number of hydrogen-bond donors (Lipinski definition) is 1. The summed E-state index contributed by atoms with van der Waals surface area (Å²) in [7, 11) is -0.828. The minimum absolute atomic E-state index is 0.0383. The van der Waals surface area contributed by atoms with E-state index in [0.29, 0.717) is 11.4 Å². The molecule has 1 amide bonds. The van der Waals surface area contributed by atoms with Crippen LogP contribution in [0.2, 0.25) is 10.0 Å². The molecule has 10 heteroatoms. The van der Waals surface area contributed by atoms with E-state index in [2.05, 4.69) is 0 Å². The van der Waals surface area contributed by atoms with E-state index < -0.39 is 15.9 Å². The molecule has 0 saturated heterocycles. The molecule has 0 saturated carbocycles. The fourth-order valence-electron chi connectivity index (χ4n) is 2.62. The van der Waals surface area contributed by atoms with E-state index in [4.69, 9.17) is 27.9 Å². The SMILES string of the molecule is CN(C)S(=O)(=O)c1ccc2c(c1)N(C(=O)c1cc(Cl)c(O)c(Cl)c1)CCO2. The van der Waals surface area contributed by atoms with Crippen LogP contribution < -0.4 is 9.64 Å². The van der Waals surface area contributed by atoms with Crippen LogP contribution in [-0.2, 0) is 10.0 Å². The maximum Gasteiger partial charge on any atom is 0.258 e. The topological polar surface area (TPSA) is 87.2 Å². The first-order valence-electron chi connectivity index (χ1n) is 7.82. The Morgan fingerprint density at radius 1 is 1.19 bits per heavy atom. The molecule has 0 aliphatic carbocycles.